The van der Waals surface area contributed by atoms with Crippen molar-refractivity contribution in [3.8, 4) is 5.75 Å². The largest absolute Gasteiger partial charge is 0.491 e. The van der Waals surface area contributed by atoms with Gasteiger partial charge in [0.2, 0.25) is 0 Å². The minimum absolute atomic E-state index is 0.0428. The van der Waals surface area contributed by atoms with E-state index in [0.29, 0.717) is 11.3 Å². The normalized spacial score (nSPS) is 12.1. The van der Waals surface area contributed by atoms with Crippen molar-refractivity contribution in [2.24, 2.45) is 0 Å². The molecule has 24 heavy (non-hydrogen) atoms. The highest BCUT2D eigenvalue weighted by Crippen LogP contribution is 2.18. The van der Waals surface area contributed by atoms with Gasteiger partial charge in [-0.15, -0.1) is 0 Å². The van der Waals surface area contributed by atoms with Crippen LogP contribution in [0.25, 0.3) is 0 Å². The lowest BCUT2D eigenvalue weighted by atomic mass is 10.1. The molecule has 0 aliphatic heterocycles. The quantitative estimate of drug-likeness (QED) is 0.852. The molecule has 0 heterocycles. The fourth-order valence-electron chi connectivity index (χ4n) is 2.12. The lowest BCUT2D eigenvalue weighted by molar-refractivity contribution is 0.0911. The van der Waals surface area contributed by atoms with Gasteiger partial charge in [0.05, 0.1) is 17.8 Å². The molecule has 6 heteroatoms. The first-order chi connectivity index (χ1) is 11.4. The van der Waals surface area contributed by atoms with E-state index in [2.05, 4.69) is 5.32 Å². The molecule has 0 aliphatic rings. The summed E-state index contributed by atoms with van der Waals surface area (Å²) in [6.45, 7) is 3.69. The van der Waals surface area contributed by atoms with Gasteiger partial charge < -0.3 is 15.2 Å². The monoisotopic (exact) mass is 335 g/mol. The molecule has 2 N–H and O–H groups in total. The molecular weight excluding hydrogens is 316 g/mol. The van der Waals surface area contributed by atoms with Crippen LogP contribution in [0.4, 0.5) is 8.78 Å². The zero-order chi connectivity index (χ0) is 17.7. The Balaban J connectivity index is 1.96. The molecule has 0 saturated heterocycles. The SMILES string of the molecule is CC(C)Oc1ccc(C(O)CNC(=O)c2cccc(F)c2F)cc1. The summed E-state index contributed by atoms with van der Waals surface area (Å²) in [5, 5.41) is 12.5. The molecule has 0 bridgehead atoms. The molecule has 1 amide bonds. The summed E-state index contributed by atoms with van der Waals surface area (Å²) in [4.78, 5) is 11.9. The number of amides is 1. The highest BCUT2D eigenvalue weighted by Gasteiger charge is 2.16. The van der Waals surface area contributed by atoms with Crippen molar-refractivity contribution in [3.63, 3.8) is 0 Å². The summed E-state index contributed by atoms with van der Waals surface area (Å²) in [6, 6.07) is 10.1. The number of ether oxygens (including phenoxy) is 1. The molecule has 2 rings (SSSR count). The maximum atomic E-state index is 13.5. The number of nitrogens with one attached hydrogen (secondary N) is 1. The minimum atomic E-state index is -1.21. The van der Waals surface area contributed by atoms with E-state index < -0.39 is 29.2 Å². The van der Waals surface area contributed by atoms with Crippen molar-refractivity contribution in [1.82, 2.24) is 5.32 Å². The summed E-state index contributed by atoms with van der Waals surface area (Å²) in [5.41, 5.74) is 0.175. The molecule has 0 aliphatic carbocycles. The molecule has 1 atom stereocenters. The summed E-state index contributed by atoms with van der Waals surface area (Å²) in [7, 11) is 0. The Bertz CT molecular complexity index is 702. The third-order valence-electron chi connectivity index (χ3n) is 3.29. The Morgan fingerprint density at radius 3 is 2.46 bits per heavy atom. The molecular formula is C18H19F2NO3. The molecule has 0 saturated carbocycles. The van der Waals surface area contributed by atoms with Crippen LogP contribution >= 0.6 is 0 Å². The molecule has 0 aromatic heterocycles. The van der Waals surface area contributed by atoms with Gasteiger partial charge in [-0.25, -0.2) is 8.78 Å². The Labute approximate surface area is 139 Å². The van der Waals surface area contributed by atoms with E-state index in [4.69, 9.17) is 4.74 Å². The van der Waals surface area contributed by atoms with Crippen molar-refractivity contribution in [2.45, 2.75) is 26.1 Å². The standard InChI is InChI=1S/C18H19F2NO3/c1-11(2)24-13-8-6-12(7-9-13)16(22)10-21-18(23)14-4-3-5-15(19)17(14)20/h3-9,11,16,22H,10H2,1-2H3,(H,21,23). The average Bonchev–Trinajstić information content (AvgIpc) is 2.55. The number of halogens is 2. The van der Waals surface area contributed by atoms with E-state index in [1.165, 1.54) is 12.1 Å². The lowest BCUT2D eigenvalue weighted by Crippen LogP contribution is -2.29. The van der Waals surface area contributed by atoms with Gasteiger partial charge in [-0.3, -0.25) is 4.79 Å². The Morgan fingerprint density at radius 2 is 1.83 bits per heavy atom. The van der Waals surface area contributed by atoms with Crippen LogP contribution in [0.1, 0.15) is 35.9 Å². The number of rotatable bonds is 6. The summed E-state index contributed by atoms with van der Waals surface area (Å²) in [6.07, 6.45) is -0.931. The van der Waals surface area contributed by atoms with E-state index >= 15 is 0 Å². The van der Waals surface area contributed by atoms with E-state index in [9.17, 15) is 18.7 Å². The van der Waals surface area contributed by atoms with Crippen molar-refractivity contribution >= 4 is 5.91 Å². The molecule has 1 unspecified atom stereocenters. The summed E-state index contributed by atoms with van der Waals surface area (Å²) >= 11 is 0. The molecule has 0 radical (unpaired) electrons. The average molecular weight is 335 g/mol. The molecule has 128 valence electrons. The third-order valence-corrected chi connectivity index (χ3v) is 3.29. The zero-order valence-corrected chi connectivity index (χ0v) is 13.4. The van der Waals surface area contributed by atoms with E-state index in [0.717, 1.165) is 6.07 Å². The van der Waals surface area contributed by atoms with Gasteiger partial charge in [0.25, 0.3) is 5.91 Å². The maximum absolute atomic E-state index is 13.5. The van der Waals surface area contributed by atoms with Gasteiger partial charge in [0.15, 0.2) is 11.6 Å². The highest BCUT2D eigenvalue weighted by atomic mass is 19.2. The Kier molecular flexibility index (Phi) is 5.87. The summed E-state index contributed by atoms with van der Waals surface area (Å²) < 4.78 is 32.2. The van der Waals surface area contributed by atoms with Gasteiger partial charge in [-0.2, -0.15) is 0 Å². The third kappa shape index (κ3) is 4.52. The predicted molar refractivity (Wildman–Crippen MR) is 85.9 cm³/mol. The fourth-order valence-corrected chi connectivity index (χ4v) is 2.12. The van der Waals surface area contributed by atoms with Gasteiger partial charge in [0, 0.05) is 6.54 Å². The zero-order valence-electron chi connectivity index (χ0n) is 13.4. The van der Waals surface area contributed by atoms with E-state index in [1.807, 2.05) is 13.8 Å². The maximum Gasteiger partial charge on any atom is 0.254 e. The smallest absolute Gasteiger partial charge is 0.254 e. The molecule has 0 fully saturated rings. The number of aliphatic hydroxyl groups is 1. The number of hydrogen-bond donors (Lipinski definition) is 2. The first kappa shape index (κ1) is 17.9. The van der Waals surface area contributed by atoms with Crippen LogP contribution in [0, 0.1) is 11.6 Å². The number of aliphatic hydroxyl groups excluding tert-OH is 1. The fraction of sp³-hybridized carbons (Fsp3) is 0.278. The van der Waals surface area contributed by atoms with E-state index in [-0.39, 0.29) is 12.6 Å². The van der Waals surface area contributed by atoms with Crippen molar-refractivity contribution in [3.05, 3.63) is 65.2 Å². The highest BCUT2D eigenvalue weighted by molar-refractivity contribution is 5.94. The van der Waals surface area contributed by atoms with Crippen LogP contribution in [0.3, 0.4) is 0 Å². The molecule has 4 nitrogen and oxygen atoms in total. The van der Waals surface area contributed by atoms with Gasteiger partial charge in [0.1, 0.15) is 5.75 Å². The molecule has 0 spiro atoms. The number of hydrogen-bond acceptors (Lipinski definition) is 3. The van der Waals surface area contributed by atoms with Crippen LogP contribution in [-0.4, -0.2) is 23.7 Å². The number of carbonyl (C=O) groups is 1. The van der Waals surface area contributed by atoms with Gasteiger partial charge in [-0.05, 0) is 43.7 Å². The first-order valence-electron chi connectivity index (χ1n) is 7.55. The van der Waals surface area contributed by atoms with Gasteiger partial charge >= 0.3 is 0 Å². The Hall–Kier alpha value is -2.47. The van der Waals surface area contributed by atoms with Crippen LogP contribution in [0.2, 0.25) is 0 Å². The summed E-state index contributed by atoms with van der Waals surface area (Å²) in [5.74, 6) is -2.42. The second kappa shape index (κ2) is 7.88. The van der Waals surface area contributed by atoms with Crippen molar-refractivity contribution < 1.29 is 23.4 Å². The first-order valence-corrected chi connectivity index (χ1v) is 7.55. The molecule has 2 aromatic rings. The van der Waals surface area contributed by atoms with Crippen LogP contribution < -0.4 is 10.1 Å². The van der Waals surface area contributed by atoms with Crippen LogP contribution in [0.15, 0.2) is 42.5 Å². The lowest BCUT2D eigenvalue weighted by Gasteiger charge is -2.14. The topological polar surface area (TPSA) is 58.6 Å². The molecule has 2 aromatic carbocycles. The van der Waals surface area contributed by atoms with Crippen molar-refractivity contribution in [2.75, 3.05) is 6.54 Å². The van der Waals surface area contributed by atoms with Crippen LogP contribution in [-0.2, 0) is 0 Å². The second-order valence-corrected chi connectivity index (χ2v) is 5.56. The second-order valence-electron chi connectivity index (χ2n) is 5.56. The van der Waals surface area contributed by atoms with Crippen LogP contribution in [0.5, 0.6) is 5.75 Å². The predicted octanol–water partition coefficient (Wildman–Crippen LogP) is 3.22. The minimum Gasteiger partial charge on any atom is -0.491 e. The van der Waals surface area contributed by atoms with Crippen molar-refractivity contribution in [1.29, 1.82) is 0 Å². The van der Waals surface area contributed by atoms with E-state index in [1.54, 1.807) is 24.3 Å². The number of carbonyl (C=O) groups excluding carboxylic acids is 1. The number of benzene rings is 2. The Morgan fingerprint density at radius 1 is 1.17 bits per heavy atom. The van der Waals surface area contributed by atoms with Gasteiger partial charge in [-0.1, -0.05) is 18.2 Å².